The van der Waals surface area contributed by atoms with Crippen molar-refractivity contribution in [2.24, 2.45) is 0 Å². The molecule has 0 bridgehead atoms. The van der Waals surface area contributed by atoms with E-state index < -0.39 is 0 Å². The lowest BCUT2D eigenvalue weighted by atomic mass is 10.1. The summed E-state index contributed by atoms with van der Waals surface area (Å²) in [6, 6.07) is 9.84. The van der Waals surface area contributed by atoms with Crippen molar-refractivity contribution in [1.82, 2.24) is 0 Å². The zero-order valence-corrected chi connectivity index (χ0v) is 8.10. The van der Waals surface area contributed by atoms with Crippen LogP contribution in [0.5, 0.6) is 0 Å². The van der Waals surface area contributed by atoms with Gasteiger partial charge in [-0.1, -0.05) is 23.7 Å². The van der Waals surface area contributed by atoms with Crippen LogP contribution in [-0.2, 0) is 0 Å². The molecule has 66 valence electrons. The Labute approximate surface area is 82.1 Å². The number of fused-ring (bicyclic) bond motifs is 1. The van der Waals surface area contributed by atoms with E-state index >= 15 is 0 Å². The monoisotopic (exact) mass is 191 g/mol. The third kappa shape index (κ3) is 1.36. The number of halogens is 1. The van der Waals surface area contributed by atoms with Crippen LogP contribution in [0.25, 0.3) is 10.8 Å². The topological polar surface area (TPSA) is 26.0 Å². The predicted octanol–water partition coefficient (Wildman–Crippen LogP) is 3.38. The second-order valence-corrected chi connectivity index (χ2v) is 3.58. The molecule has 0 aromatic heterocycles. The Morgan fingerprint density at radius 3 is 2.77 bits per heavy atom. The van der Waals surface area contributed by atoms with Crippen LogP contribution in [0.3, 0.4) is 0 Å². The van der Waals surface area contributed by atoms with Gasteiger partial charge in [-0.15, -0.1) is 0 Å². The van der Waals surface area contributed by atoms with Gasteiger partial charge in [-0.2, -0.15) is 0 Å². The Balaban J connectivity index is 2.89. The Kier molecular flexibility index (Phi) is 1.89. The standard InChI is InChI=1S/C11H10ClN/c1-7-5-8-3-2-4-11(13)9(8)6-10(7)12/h2-6H,13H2,1H3. The number of hydrogen-bond donors (Lipinski definition) is 1. The molecule has 2 N–H and O–H groups in total. The van der Waals surface area contributed by atoms with Gasteiger partial charge in [0.05, 0.1) is 0 Å². The third-order valence-electron chi connectivity index (χ3n) is 2.19. The number of benzene rings is 2. The number of anilines is 1. The van der Waals surface area contributed by atoms with Crippen LogP contribution in [0, 0.1) is 6.92 Å². The first-order valence-electron chi connectivity index (χ1n) is 4.13. The van der Waals surface area contributed by atoms with Crippen LogP contribution >= 0.6 is 11.6 Å². The van der Waals surface area contributed by atoms with E-state index in [1.54, 1.807) is 0 Å². The molecule has 2 rings (SSSR count). The second kappa shape index (κ2) is 2.93. The largest absolute Gasteiger partial charge is 0.398 e. The third-order valence-corrected chi connectivity index (χ3v) is 2.60. The van der Waals surface area contributed by atoms with Gasteiger partial charge in [0.25, 0.3) is 0 Å². The highest BCUT2D eigenvalue weighted by atomic mass is 35.5. The number of rotatable bonds is 0. The summed E-state index contributed by atoms with van der Waals surface area (Å²) in [5, 5.41) is 2.94. The molecule has 0 amide bonds. The molecule has 2 aromatic rings. The van der Waals surface area contributed by atoms with Gasteiger partial charge in [0, 0.05) is 16.1 Å². The summed E-state index contributed by atoms with van der Waals surface area (Å²) in [5.74, 6) is 0. The van der Waals surface area contributed by atoms with Crippen LogP contribution < -0.4 is 5.73 Å². The summed E-state index contributed by atoms with van der Waals surface area (Å²) in [4.78, 5) is 0. The zero-order chi connectivity index (χ0) is 9.42. The number of nitrogens with two attached hydrogens (primary N) is 1. The minimum absolute atomic E-state index is 0.769. The molecule has 0 atom stereocenters. The molecule has 0 unspecified atom stereocenters. The molecule has 0 fully saturated rings. The summed E-state index contributed by atoms with van der Waals surface area (Å²) in [6.45, 7) is 1.99. The molecular formula is C11H10ClN. The average Bonchev–Trinajstić information content (AvgIpc) is 2.09. The lowest BCUT2D eigenvalue weighted by Gasteiger charge is -2.04. The van der Waals surface area contributed by atoms with E-state index in [0.29, 0.717) is 0 Å². The van der Waals surface area contributed by atoms with E-state index in [-0.39, 0.29) is 0 Å². The van der Waals surface area contributed by atoms with Gasteiger partial charge in [0.15, 0.2) is 0 Å². The highest BCUT2D eigenvalue weighted by molar-refractivity contribution is 6.32. The minimum atomic E-state index is 0.769. The van der Waals surface area contributed by atoms with Gasteiger partial charge >= 0.3 is 0 Å². The van der Waals surface area contributed by atoms with Crippen LogP contribution in [0.15, 0.2) is 30.3 Å². The summed E-state index contributed by atoms with van der Waals surface area (Å²) in [6.07, 6.45) is 0. The molecule has 1 nitrogen and oxygen atoms in total. The van der Waals surface area contributed by atoms with Crippen molar-refractivity contribution in [3.63, 3.8) is 0 Å². The fraction of sp³-hybridized carbons (Fsp3) is 0.0909. The van der Waals surface area contributed by atoms with Gasteiger partial charge < -0.3 is 5.73 Å². The van der Waals surface area contributed by atoms with E-state index in [1.165, 1.54) is 0 Å². The van der Waals surface area contributed by atoms with Gasteiger partial charge in [-0.05, 0) is 36.1 Å². The van der Waals surface area contributed by atoms with Crippen molar-refractivity contribution in [3.8, 4) is 0 Å². The summed E-state index contributed by atoms with van der Waals surface area (Å²) in [7, 11) is 0. The van der Waals surface area contributed by atoms with E-state index in [2.05, 4.69) is 0 Å². The maximum atomic E-state index is 6.00. The minimum Gasteiger partial charge on any atom is -0.398 e. The van der Waals surface area contributed by atoms with Crippen LogP contribution in [-0.4, -0.2) is 0 Å². The molecule has 0 aliphatic carbocycles. The molecule has 0 saturated carbocycles. The highest BCUT2D eigenvalue weighted by Crippen LogP contribution is 2.26. The first-order chi connectivity index (χ1) is 6.18. The van der Waals surface area contributed by atoms with Gasteiger partial charge in [-0.3, -0.25) is 0 Å². The maximum Gasteiger partial charge on any atom is 0.0442 e. The van der Waals surface area contributed by atoms with E-state index in [9.17, 15) is 0 Å². The van der Waals surface area contributed by atoms with Crippen LogP contribution in [0.4, 0.5) is 5.69 Å². The second-order valence-electron chi connectivity index (χ2n) is 3.17. The molecule has 2 heteroatoms. The van der Waals surface area contributed by atoms with Crippen molar-refractivity contribution in [3.05, 3.63) is 40.9 Å². The molecule has 0 heterocycles. The summed E-state index contributed by atoms with van der Waals surface area (Å²) >= 11 is 6.00. The smallest absolute Gasteiger partial charge is 0.0442 e. The number of aryl methyl sites for hydroxylation is 1. The molecular weight excluding hydrogens is 182 g/mol. The quantitative estimate of drug-likeness (QED) is 0.635. The van der Waals surface area contributed by atoms with Crippen molar-refractivity contribution < 1.29 is 0 Å². The average molecular weight is 192 g/mol. The lowest BCUT2D eigenvalue weighted by molar-refractivity contribution is 1.50. The van der Waals surface area contributed by atoms with Crippen molar-refractivity contribution in [1.29, 1.82) is 0 Å². The predicted molar refractivity (Wildman–Crippen MR) is 58.1 cm³/mol. The molecule has 0 aliphatic rings. The van der Waals surface area contributed by atoms with Gasteiger partial charge in [0.1, 0.15) is 0 Å². The van der Waals surface area contributed by atoms with Gasteiger partial charge in [-0.25, -0.2) is 0 Å². The molecule has 0 radical (unpaired) electrons. The summed E-state index contributed by atoms with van der Waals surface area (Å²) < 4.78 is 0. The molecule has 0 spiro atoms. The Morgan fingerprint density at radius 1 is 1.23 bits per heavy atom. The Hall–Kier alpha value is -1.21. The fourth-order valence-corrected chi connectivity index (χ4v) is 1.60. The first kappa shape index (κ1) is 8.39. The Morgan fingerprint density at radius 2 is 2.00 bits per heavy atom. The fourth-order valence-electron chi connectivity index (χ4n) is 1.44. The molecule has 13 heavy (non-hydrogen) atoms. The van der Waals surface area contributed by atoms with Crippen LogP contribution in [0.1, 0.15) is 5.56 Å². The highest BCUT2D eigenvalue weighted by Gasteiger charge is 2.00. The SMILES string of the molecule is Cc1cc2cccc(N)c2cc1Cl. The summed E-state index contributed by atoms with van der Waals surface area (Å²) in [5.41, 5.74) is 7.68. The van der Waals surface area contributed by atoms with Crippen molar-refractivity contribution in [2.75, 3.05) is 5.73 Å². The number of hydrogen-bond acceptors (Lipinski definition) is 1. The normalized spacial score (nSPS) is 10.6. The molecule has 0 saturated heterocycles. The first-order valence-corrected chi connectivity index (χ1v) is 4.50. The van der Waals surface area contributed by atoms with Crippen LogP contribution in [0.2, 0.25) is 5.02 Å². The van der Waals surface area contributed by atoms with Crippen molar-refractivity contribution in [2.45, 2.75) is 6.92 Å². The maximum absolute atomic E-state index is 6.00. The molecule has 2 aromatic carbocycles. The Bertz CT molecular complexity index is 463. The van der Waals surface area contributed by atoms with E-state index in [0.717, 1.165) is 27.0 Å². The number of nitrogen functional groups attached to an aromatic ring is 1. The van der Waals surface area contributed by atoms with E-state index in [4.69, 9.17) is 17.3 Å². The van der Waals surface area contributed by atoms with E-state index in [1.807, 2.05) is 37.3 Å². The zero-order valence-electron chi connectivity index (χ0n) is 7.34. The lowest BCUT2D eigenvalue weighted by Crippen LogP contribution is -1.87. The molecule has 0 aliphatic heterocycles. The van der Waals surface area contributed by atoms with Crippen molar-refractivity contribution >= 4 is 28.1 Å². The van der Waals surface area contributed by atoms with Gasteiger partial charge in [0.2, 0.25) is 0 Å².